The lowest BCUT2D eigenvalue weighted by molar-refractivity contribution is 0.121. The van der Waals surface area contributed by atoms with Crippen LogP contribution in [-0.4, -0.2) is 13.3 Å². The zero-order chi connectivity index (χ0) is 16.8. The van der Waals surface area contributed by atoms with Gasteiger partial charge in [-0.1, -0.05) is 78.9 Å². The standard InChI is InChI=1S/C21H18O3/c1-23-21(22)24-20-18(15-16-9-4-2-5-10-16)13-8-14-19(20)17-11-6-3-7-12-17/h2-14H,15H2,1H3. The minimum Gasteiger partial charge on any atom is -0.437 e. The Morgan fingerprint density at radius 2 is 1.50 bits per heavy atom. The highest BCUT2D eigenvalue weighted by Crippen LogP contribution is 2.34. The second-order valence-corrected chi connectivity index (χ2v) is 5.38. The molecule has 0 bridgehead atoms. The maximum atomic E-state index is 11.7. The van der Waals surface area contributed by atoms with Crippen molar-refractivity contribution in [2.45, 2.75) is 6.42 Å². The summed E-state index contributed by atoms with van der Waals surface area (Å²) in [5, 5.41) is 0. The average Bonchev–Trinajstić information content (AvgIpc) is 2.64. The molecule has 0 aliphatic heterocycles. The summed E-state index contributed by atoms with van der Waals surface area (Å²) in [7, 11) is 1.31. The van der Waals surface area contributed by atoms with Crippen LogP contribution in [0.2, 0.25) is 0 Å². The van der Waals surface area contributed by atoms with E-state index in [9.17, 15) is 4.79 Å². The first-order valence-corrected chi connectivity index (χ1v) is 7.75. The van der Waals surface area contributed by atoms with Gasteiger partial charge in [-0.15, -0.1) is 0 Å². The molecule has 3 nitrogen and oxygen atoms in total. The van der Waals surface area contributed by atoms with E-state index in [4.69, 9.17) is 4.74 Å². The molecule has 3 heteroatoms. The summed E-state index contributed by atoms with van der Waals surface area (Å²) in [5.41, 5.74) is 3.95. The maximum absolute atomic E-state index is 11.7. The second kappa shape index (κ2) is 7.47. The van der Waals surface area contributed by atoms with Crippen LogP contribution in [0.3, 0.4) is 0 Å². The summed E-state index contributed by atoms with van der Waals surface area (Å²) in [6.45, 7) is 0. The van der Waals surface area contributed by atoms with E-state index in [1.165, 1.54) is 7.11 Å². The number of carbonyl (C=O) groups is 1. The predicted molar refractivity (Wildman–Crippen MR) is 94.2 cm³/mol. The van der Waals surface area contributed by atoms with Crippen LogP contribution in [0, 0.1) is 0 Å². The number of para-hydroxylation sites is 1. The topological polar surface area (TPSA) is 35.5 Å². The molecule has 0 amide bonds. The molecule has 0 N–H and O–H groups in total. The van der Waals surface area contributed by atoms with Crippen molar-refractivity contribution >= 4 is 6.16 Å². The number of hydrogen-bond donors (Lipinski definition) is 0. The first-order chi connectivity index (χ1) is 11.8. The van der Waals surface area contributed by atoms with Crippen molar-refractivity contribution in [2.24, 2.45) is 0 Å². The number of methoxy groups -OCH3 is 1. The van der Waals surface area contributed by atoms with Crippen LogP contribution >= 0.6 is 0 Å². The monoisotopic (exact) mass is 318 g/mol. The van der Waals surface area contributed by atoms with Gasteiger partial charge in [0.25, 0.3) is 0 Å². The average molecular weight is 318 g/mol. The van der Waals surface area contributed by atoms with Crippen LogP contribution in [0.25, 0.3) is 11.1 Å². The molecule has 120 valence electrons. The highest BCUT2D eigenvalue weighted by Gasteiger charge is 2.16. The van der Waals surface area contributed by atoms with Crippen molar-refractivity contribution < 1.29 is 14.3 Å². The van der Waals surface area contributed by atoms with Gasteiger partial charge in [0, 0.05) is 17.5 Å². The molecule has 0 saturated heterocycles. The lowest BCUT2D eigenvalue weighted by atomic mass is 9.97. The molecular weight excluding hydrogens is 300 g/mol. The highest BCUT2D eigenvalue weighted by atomic mass is 16.7. The van der Waals surface area contributed by atoms with Gasteiger partial charge >= 0.3 is 6.16 Å². The fraction of sp³-hybridized carbons (Fsp3) is 0.0952. The molecule has 0 heterocycles. The first kappa shape index (κ1) is 15.8. The lowest BCUT2D eigenvalue weighted by Gasteiger charge is -2.14. The maximum Gasteiger partial charge on any atom is 0.513 e. The van der Waals surface area contributed by atoms with E-state index in [1.807, 2.05) is 66.7 Å². The largest absolute Gasteiger partial charge is 0.513 e. The van der Waals surface area contributed by atoms with Crippen molar-refractivity contribution in [3.63, 3.8) is 0 Å². The molecule has 0 atom stereocenters. The van der Waals surface area contributed by atoms with E-state index in [0.29, 0.717) is 12.2 Å². The van der Waals surface area contributed by atoms with Gasteiger partial charge in [0.15, 0.2) is 0 Å². The normalized spacial score (nSPS) is 10.2. The van der Waals surface area contributed by atoms with E-state index >= 15 is 0 Å². The van der Waals surface area contributed by atoms with E-state index in [0.717, 1.165) is 22.3 Å². The van der Waals surface area contributed by atoms with Crippen molar-refractivity contribution in [2.75, 3.05) is 7.11 Å². The molecule has 3 aromatic carbocycles. The Labute approximate surface area is 141 Å². The van der Waals surface area contributed by atoms with E-state index in [2.05, 4.69) is 16.9 Å². The van der Waals surface area contributed by atoms with E-state index in [1.54, 1.807) is 0 Å². The Morgan fingerprint density at radius 3 is 2.17 bits per heavy atom. The van der Waals surface area contributed by atoms with Crippen molar-refractivity contribution in [1.29, 1.82) is 0 Å². The fourth-order valence-corrected chi connectivity index (χ4v) is 2.63. The van der Waals surface area contributed by atoms with Gasteiger partial charge in [0.2, 0.25) is 0 Å². The molecule has 0 aliphatic rings. The number of hydrogen-bond acceptors (Lipinski definition) is 3. The summed E-state index contributed by atoms with van der Waals surface area (Å²) in [6.07, 6.45) is -0.0407. The van der Waals surface area contributed by atoms with Gasteiger partial charge in [-0.25, -0.2) is 4.79 Å². The molecule has 0 aromatic heterocycles. The lowest BCUT2D eigenvalue weighted by Crippen LogP contribution is -2.10. The number of benzene rings is 3. The number of carbonyl (C=O) groups excluding carboxylic acids is 1. The van der Waals surface area contributed by atoms with E-state index < -0.39 is 6.16 Å². The third-order valence-corrected chi connectivity index (χ3v) is 3.77. The zero-order valence-corrected chi connectivity index (χ0v) is 13.4. The molecule has 0 fully saturated rings. The smallest absolute Gasteiger partial charge is 0.437 e. The van der Waals surface area contributed by atoms with Gasteiger partial charge in [0.1, 0.15) is 5.75 Å². The molecule has 3 rings (SSSR count). The van der Waals surface area contributed by atoms with Crippen molar-refractivity contribution in [1.82, 2.24) is 0 Å². The molecule has 0 saturated carbocycles. The minimum atomic E-state index is -0.715. The summed E-state index contributed by atoms with van der Waals surface area (Å²) in [5.74, 6) is 0.541. The summed E-state index contributed by atoms with van der Waals surface area (Å²) < 4.78 is 10.2. The van der Waals surface area contributed by atoms with Gasteiger partial charge < -0.3 is 9.47 Å². The minimum absolute atomic E-state index is 0.541. The van der Waals surface area contributed by atoms with Gasteiger partial charge in [-0.05, 0) is 11.1 Å². The summed E-state index contributed by atoms with van der Waals surface area (Å²) in [6, 6.07) is 25.8. The third-order valence-electron chi connectivity index (χ3n) is 3.77. The fourth-order valence-electron chi connectivity index (χ4n) is 2.63. The number of rotatable bonds is 4. The van der Waals surface area contributed by atoms with Crippen LogP contribution in [0.1, 0.15) is 11.1 Å². The SMILES string of the molecule is COC(=O)Oc1c(Cc2ccccc2)cccc1-c1ccccc1. The summed E-state index contributed by atoms with van der Waals surface area (Å²) >= 11 is 0. The Hall–Kier alpha value is -3.07. The second-order valence-electron chi connectivity index (χ2n) is 5.38. The Balaban J connectivity index is 2.06. The van der Waals surface area contributed by atoms with Crippen LogP contribution in [0.5, 0.6) is 5.75 Å². The molecule has 24 heavy (non-hydrogen) atoms. The Kier molecular flexibility index (Phi) is 4.92. The van der Waals surface area contributed by atoms with Crippen molar-refractivity contribution in [3.8, 4) is 16.9 Å². The molecule has 0 spiro atoms. The zero-order valence-electron chi connectivity index (χ0n) is 13.4. The van der Waals surface area contributed by atoms with Crippen LogP contribution in [-0.2, 0) is 11.2 Å². The van der Waals surface area contributed by atoms with E-state index in [-0.39, 0.29) is 0 Å². The van der Waals surface area contributed by atoms with Crippen molar-refractivity contribution in [3.05, 3.63) is 90.0 Å². The molecular formula is C21H18O3. The van der Waals surface area contributed by atoms with Crippen LogP contribution in [0.4, 0.5) is 4.79 Å². The first-order valence-electron chi connectivity index (χ1n) is 7.75. The van der Waals surface area contributed by atoms with Crippen LogP contribution in [0.15, 0.2) is 78.9 Å². The third kappa shape index (κ3) is 3.63. The van der Waals surface area contributed by atoms with Gasteiger partial charge in [-0.3, -0.25) is 0 Å². The quantitative estimate of drug-likeness (QED) is 0.496. The van der Waals surface area contributed by atoms with Gasteiger partial charge in [0.05, 0.1) is 7.11 Å². The number of ether oxygens (including phenoxy) is 2. The van der Waals surface area contributed by atoms with Gasteiger partial charge in [-0.2, -0.15) is 0 Å². The Bertz CT molecular complexity index is 811. The molecule has 3 aromatic rings. The molecule has 0 aliphatic carbocycles. The predicted octanol–water partition coefficient (Wildman–Crippen LogP) is 5.09. The van der Waals surface area contributed by atoms with Crippen LogP contribution < -0.4 is 4.74 Å². The summed E-state index contributed by atoms with van der Waals surface area (Å²) in [4.78, 5) is 11.7. The molecule has 0 unspecified atom stereocenters. The highest BCUT2D eigenvalue weighted by molar-refractivity contribution is 5.76. The Morgan fingerprint density at radius 1 is 0.833 bits per heavy atom. The molecule has 0 radical (unpaired) electrons.